The predicted octanol–water partition coefficient (Wildman–Crippen LogP) is 2.59. The molecular formula is C22H24N2O3. The third-order valence-electron chi connectivity index (χ3n) is 5.73. The molecule has 2 aliphatic heterocycles. The van der Waals surface area contributed by atoms with Gasteiger partial charge in [0.2, 0.25) is 5.91 Å². The van der Waals surface area contributed by atoms with Crippen LogP contribution in [0.5, 0.6) is 5.75 Å². The zero-order valence-electron chi connectivity index (χ0n) is 15.5. The highest BCUT2D eigenvalue weighted by Crippen LogP contribution is 2.31. The minimum atomic E-state index is -0.314. The van der Waals surface area contributed by atoms with E-state index in [9.17, 15) is 9.59 Å². The van der Waals surface area contributed by atoms with Gasteiger partial charge in [-0.2, -0.15) is 0 Å². The Morgan fingerprint density at radius 2 is 1.93 bits per heavy atom. The van der Waals surface area contributed by atoms with Crippen LogP contribution in [0.25, 0.3) is 0 Å². The van der Waals surface area contributed by atoms with Gasteiger partial charge in [0, 0.05) is 18.7 Å². The Morgan fingerprint density at radius 1 is 1.15 bits per heavy atom. The summed E-state index contributed by atoms with van der Waals surface area (Å²) < 4.78 is 5.16. The number of ether oxygens (including phenoxy) is 1. The summed E-state index contributed by atoms with van der Waals surface area (Å²) in [5.74, 6) is 0.868. The number of hydrogen-bond acceptors (Lipinski definition) is 3. The number of methoxy groups -OCH3 is 1. The molecule has 2 aliphatic rings. The molecule has 5 nitrogen and oxygen atoms in total. The molecule has 1 atom stereocenters. The number of carbonyl (C=O) groups is 2. The second-order valence-electron chi connectivity index (χ2n) is 7.48. The summed E-state index contributed by atoms with van der Waals surface area (Å²) in [5, 5.41) is 3.22. The van der Waals surface area contributed by atoms with Crippen LogP contribution in [-0.4, -0.2) is 42.5 Å². The van der Waals surface area contributed by atoms with Crippen LogP contribution in [0, 0.1) is 0 Å². The summed E-state index contributed by atoms with van der Waals surface area (Å²) in [5.41, 5.74) is 2.51. The van der Waals surface area contributed by atoms with Crippen molar-refractivity contribution in [3.8, 4) is 5.75 Å². The van der Waals surface area contributed by atoms with E-state index >= 15 is 0 Å². The lowest BCUT2D eigenvalue weighted by molar-refractivity contribution is -0.129. The van der Waals surface area contributed by atoms with Crippen molar-refractivity contribution in [2.24, 2.45) is 0 Å². The molecule has 1 fully saturated rings. The quantitative estimate of drug-likeness (QED) is 0.911. The second-order valence-corrected chi connectivity index (χ2v) is 7.48. The van der Waals surface area contributed by atoms with Gasteiger partial charge in [0.05, 0.1) is 19.1 Å². The minimum Gasteiger partial charge on any atom is -0.497 e. The van der Waals surface area contributed by atoms with E-state index in [1.165, 1.54) is 0 Å². The molecule has 2 amide bonds. The van der Waals surface area contributed by atoms with E-state index in [2.05, 4.69) is 5.32 Å². The van der Waals surface area contributed by atoms with E-state index in [0.717, 1.165) is 41.7 Å². The Bertz CT molecular complexity index is 862. The van der Waals surface area contributed by atoms with Gasteiger partial charge in [-0.25, -0.2) is 0 Å². The molecule has 0 radical (unpaired) electrons. The lowest BCUT2D eigenvalue weighted by Gasteiger charge is -2.29. The van der Waals surface area contributed by atoms with E-state index in [1.807, 2.05) is 53.4 Å². The molecule has 0 bridgehead atoms. The second kappa shape index (κ2) is 7.06. The summed E-state index contributed by atoms with van der Waals surface area (Å²) in [6, 6.07) is 15.4. The standard InChI is InChI=1S/C22H24N2O3/c1-27-18-8-6-16(7-9-18)14-20(25)24-13-12-22(15-24)11-10-17-4-2-3-5-19(17)21(26)23-22/h2-9H,10-15H2,1H3,(H,23,26). The van der Waals surface area contributed by atoms with Crippen LogP contribution in [0.15, 0.2) is 48.5 Å². The fraction of sp³-hybridized carbons (Fsp3) is 0.364. The highest BCUT2D eigenvalue weighted by molar-refractivity contribution is 5.96. The molecule has 2 aromatic carbocycles. The number of rotatable bonds is 3. The number of hydrogen-bond donors (Lipinski definition) is 1. The first kappa shape index (κ1) is 17.6. The molecule has 5 heteroatoms. The van der Waals surface area contributed by atoms with Crippen molar-refractivity contribution in [1.29, 1.82) is 0 Å². The molecule has 1 N–H and O–H groups in total. The van der Waals surface area contributed by atoms with E-state index in [-0.39, 0.29) is 17.4 Å². The monoisotopic (exact) mass is 364 g/mol. The van der Waals surface area contributed by atoms with Gasteiger partial charge in [0.25, 0.3) is 5.91 Å². The summed E-state index contributed by atoms with van der Waals surface area (Å²) >= 11 is 0. The third kappa shape index (κ3) is 3.54. The number of aryl methyl sites for hydroxylation is 1. The molecule has 2 aromatic rings. The Hall–Kier alpha value is -2.82. The summed E-state index contributed by atoms with van der Waals surface area (Å²) in [7, 11) is 1.63. The highest BCUT2D eigenvalue weighted by Gasteiger charge is 2.42. The van der Waals surface area contributed by atoms with Gasteiger partial charge in [0.15, 0.2) is 0 Å². The topological polar surface area (TPSA) is 58.6 Å². The van der Waals surface area contributed by atoms with Crippen molar-refractivity contribution >= 4 is 11.8 Å². The van der Waals surface area contributed by atoms with Crippen LogP contribution in [0.3, 0.4) is 0 Å². The number of nitrogens with one attached hydrogen (secondary N) is 1. The van der Waals surface area contributed by atoms with Crippen molar-refractivity contribution in [3.63, 3.8) is 0 Å². The average molecular weight is 364 g/mol. The van der Waals surface area contributed by atoms with Gasteiger partial charge < -0.3 is 15.0 Å². The maximum atomic E-state index is 12.8. The van der Waals surface area contributed by atoms with Crippen LogP contribution in [0.4, 0.5) is 0 Å². The van der Waals surface area contributed by atoms with E-state index < -0.39 is 0 Å². The maximum absolute atomic E-state index is 12.8. The smallest absolute Gasteiger partial charge is 0.252 e. The van der Waals surface area contributed by atoms with Crippen molar-refractivity contribution < 1.29 is 14.3 Å². The molecule has 2 heterocycles. The SMILES string of the molecule is COc1ccc(CC(=O)N2CCC3(CCc4ccccc4C(=O)N3)C2)cc1. The molecule has 4 rings (SSSR count). The fourth-order valence-electron chi connectivity index (χ4n) is 4.13. The Balaban J connectivity index is 1.43. The number of fused-ring (bicyclic) bond motifs is 1. The first-order chi connectivity index (χ1) is 13.1. The van der Waals surface area contributed by atoms with Crippen molar-refractivity contribution in [2.75, 3.05) is 20.2 Å². The van der Waals surface area contributed by atoms with Crippen molar-refractivity contribution in [2.45, 2.75) is 31.2 Å². The normalized spacial score (nSPS) is 21.5. The van der Waals surface area contributed by atoms with Gasteiger partial charge in [-0.3, -0.25) is 9.59 Å². The van der Waals surface area contributed by atoms with Crippen molar-refractivity contribution in [3.05, 3.63) is 65.2 Å². The van der Waals surface area contributed by atoms with Gasteiger partial charge in [-0.15, -0.1) is 0 Å². The number of benzene rings is 2. The summed E-state index contributed by atoms with van der Waals surface area (Å²) in [4.78, 5) is 27.3. The van der Waals surface area contributed by atoms with E-state index in [1.54, 1.807) is 7.11 Å². The first-order valence-corrected chi connectivity index (χ1v) is 9.40. The number of carbonyl (C=O) groups excluding carboxylic acids is 2. The molecule has 0 aromatic heterocycles. The highest BCUT2D eigenvalue weighted by atomic mass is 16.5. The Kier molecular flexibility index (Phi) is 4.60. The number of amides is 2. The maximum Gasteiger partial charge on any atom is 0.252 e. The molecule has 0 aliphatic carbocycles. The molecule has 1 unspecified atom stereocenters. The zero-order valence-corrected chi connectivity index (χ0v) is 15.5. The van der Waals surface area contributed by atoms with Crippen molar-refractivity contribution in [1.82, 2.24) is 10.2 Å². The zero-order chi connectivity index (χ0) is 18.9. The average Bonchev–Trinajstić information content (AvgIpc) is 3.05. The molecule has 1 saturated heterocycles. The first-order valence-electron chi connectivity index (χ1n) is 9.40. The van der Waals surface area contributed by atoms with Gasteiger partial charge in [0.1, 0.15) is 5.75 Å². The Labute approximate surface area is 159 Å². The summed E-state index contributed by atoms with van der Waals surface area (Å²) in [6.07, 6.45) is 2.90. The van der Waals surface area contributed by atoms with Crippen LogP contribution in [0.1, 0.15) is 34.3 Å². The predicted molar refractivity (Wildman–Crippen MR) is 103 cm³/mol. The molecule has 140 valence electrons. The summed E-state index contributed by atoms with van der Waals surface area (Å²) in [6.45, 7) is 1.27. The van der Waals surface area contributed by atoms with Gasteiger partial charge in [-0.1, -0.05) is 30.3 Å². The van der Waals surface area contributed by atoms with Crippen LogP contribution < -0.4 is 10.1 Å². The van der Waals surface area contributed by atoms with Gasteiger partial charge in [-0.05, 0) is 48.6 Å². The minimum absolute atomic E-state index is 0.0208. The van der Waals surface area contributed by atoms with Crippen LogP contribution in [0.2, 0.25) is 0 Å². The van der Waals surface area contributed by atoms with E-state index in [0.29, 0.717) is 19.5 Å². The number of likely N-dealkylation sites (tertiary alicyclic amines) is 1. The van der Waals surface area contributed by atoms with Gasteiger partial charge >= 0.3 is 0 Å². The largest absolute Gasteiger partial charge is 0.497 e. The Morgan fingerprint density at radius 3 is 2.70 bits per heavy atom. The fourth-order valence-corrected chi connectivity index (χ4v) is 4.13. The van der Waals surface area contributed by atoms with Crippen LogP contribution in [-0.2, 0) is 17.6 Å². The lowest BCUT2D eigenvalue weighted by atomic mass is 9.91. The molecular weight excluding hydrogens is 340 g/mol. The van der Waals surface area contributed by atoms with E-state index in [4.69, 9.17) is 4.74 Å². The number of nitrogens with zero attached hydrogens (tertiary/aromatic N) is 1. The molecule has 0 saturated carbocycles. The van der Waals surface area contributed by atoms with Crippen LogP contribution >= 0.6 is 0 Å². The molecule has 1 spiro atoms. The lowest BCUT2D eigenvalue weighted by Crippen LogP contribution is -2.50. The molecule has 27 heavy (non-hydrogen) atoms. The third-order valence-corrected chi connectivity index (χ3v) is 5.73.